The second-order valence-corrected chi connectivity index (χ2v) is 4.67. The molecule has 0 saturated heterocycles. The molecule has 0 aliphatic heterocycles. The minimum atomic E-state index is 1.09. The first-order valence-electron chi connectivity index (χ1n) is 4.50. The van der Waals surface area contributed by atoms with Gasteiger partial charge in [0, 0.05) is 17.3 Å². The molecule has 2 rings (SSSR count). The van der Waals surface area contributed by atoms with Crippen molar-refractivity contribution in [2.75, 3.05) is 0 Å². The summed E-state index contributed by atoms with van der Waals surface area (Å²) in [6.45, 7) is 4.21. The lowest BCUT2D eigenvalue weighted by Crippen LogP contribution is -2.06. The number of fused-ring (bicyclic) bond motifs is 1. The number of nitrogens with zero attached hydrogens (tertiary/aromatic N) is 2. The highest BCUT2D eigenvalue weighted by Gasteiger charge is 2.06. The van der Waals surface area contributed by atoms with Gasteiger partial charge in [-0.15, -0.1) is 0 Å². The Kier molecular flexibility index (Phi) is 1.77. The van der Waals surface area contributed by atoms with Crippen LogP contribution in [0.4, 0.5) is 0 Å². The molecule has 0 spiro atoms. The maximum atomic E-state index is 4.56. The van der Waals surface area contributed by atoms with Crippen LogP contribution in [-0.4, -0.2) is 19.8 Å². The Morgan fingerprint density at radius 1 is 1.31 bits per heavy atom. The molecule has 0 aliphatic rings. The molecular formula is C10H14N2Si. The quantitative estimate of drug-likeness (QED) is 0.542. The van der Waals surface area contributed by atoms with Crippen molar-refractivity contribution in [1.29, 1.82) is 0 Å². The minimum absolute atomic E-state index is 1.09. The molecule has 1 heterocycles. The molecule has 0 fully saturated rings. The zero-order chi connectivity index (χ0) is 9.59. The van der Waals surface area contributed by atoms with Crippen LogP contribution in [0.2, 0.25) is 0 Å². The average Bonchev–Trinajstić information content (AvgIpc) is 2.38. The zero-order valence-electron chi connectivity index (χ0n) is 8.55. The number of hydrogen-bond donors (Lipinski definition) is 0. The summed E-state index contributed by atoms with van der Waals surface area (Å²) < 4.78 is 2.14. The minimum Gasteiger partial charge on any atom is -0.331 e. The van der Waals surface area contributed by atoms with E-state index in [9.17, 15) is 0 Å². The van der Waals surface area contributed by atoms with Gasteiger partial charge in [-0.25, -0.2) is 4.98 Å². The van der Waals surface area contributed by atoms with Gasteiger partial charge < -0.3 is 4.57 Å². The maximum Gasteiger partial charge on any atom is 0.106 e. The SMILES string of the molecule is Cc1c([SiH3])ccc2c1nc(C)n2C. The first-order valence-corrected chi connectivity index (χ1v) is 5.50. The highest BCUT2D eigenvalue weighted by Crippen LogP contribution is 2.15. The summed E-state index contributed by atoms with van der Waals surface area (Å²) in [5.74, 6) is 1.09. The van der Waals surface area contributed by atoms with Gasteiger partial charge >= 0.3 is 0 Å². The van der Waals surface area contributed by atoms with Crippen LogP contribution in [0.5, 0.6) is 0 Å². The van der Waals surface area contributed by atoms with Crippen molar-refractivity contribution < 1.29 is 0 Å². The van der Waals surface area contributed by atoms with E-state index in [1.165, 1.54) is 21.8 Å². The standard InChI is InChI=1S/C10H14N2Si/c1-6-9(13)5-4-8-10(6)11-7(2)12(8)3/h4-5H,1-3,13H3. The van der Waals surface area contributed by atoms with E-state index in [0.717, 1.165) is 16.1 Å². The van der Waals surface area contributed by atoms with Crippen LogP contribution in [0.15, 0.2) is 12.1 Å². The van der Waals surface area contributed by atoms with E-state index in [-0.39, 0.29) is 0 Å². The summed E-state index contributed by atoms with van der Waals surface area (Å²) in [5.41, 5.74) is 3.77. The molecule has 1 aromatic heterocycles. The molecule has 0 bridgehead atoms. The van der Waals surface area contributed by atoms with Crippen molar-refractivity contribution in [3.05, 3.63) is 23.5 Å². The van der Waals surface area contributed by atoms with E-state index in [1.54, 1.807) is 0 Å². The smallest absolute Gasteiger partial charge is 0.106 e. The van der Waals surface area contributed by atoms with E-state index in [1.807, 2.05) is 6.92 Å². The molecule has 1 aromatic carbocycles. The lowest BCUT2D eigenvalue weighted by molar-refractivity contribution is 0.886. The first kappa shape index (κ1) is 8.50. The number of imidazole rings is 1. The number of aromatic nitrogens is 2. The Hall–Kier alpha value is -1.09. The second-order valence-electron chi connectivity index (χ2n) is 3.59. The van der Waals surface area contributed by atoms with Crippen molar-refractivity contribution in [2.24, 2.45) is 7.05 Å². The van der Waals surface area contributed by atoms with Crippen LogP contribution in [0.3, 0.4) is 0 Å². The van der Waals surface area contributed by atoms with Crippen LogP contribution in [0.1, 0.15) is 11.4 Å². The van der Waals surface area contributed by atoms with Gasteiger partial charge in [-0.3, -0.25) is 0 Å². The Labute approximate surface area is 81.0 Å². The van der Waals surface area contributed by atoms with E-state index in [4.69, 9.17) is 0 Å². The molecule has 2 aromatic rings. The molecule has 0 atom stereocenters. The molecule has 3 heteroatoms. The Morgan fingerprint density at radius 2 is 2.00 bits per heavy atom. The van der Waals surface area contributed by atoms with Gasteiger partial charge in [0.2, 0.25) is 0 Å². The maximum absolute atomic E-state index is 4.56. The summed E-state index contributed by atoms with van der Waals surface area (Å²) >= 11 is 0. The topological polar surface area (TPSA) is 17.8 Å². The van der Waals surface area contributed by atoms with Gasteiger partial charge in [-0.1, -0.05) is 11.3 Å². The Bertz CT molecular complexity index is 471. The summed E-state index contributed by atoms with van der Waals surface area (Å²) in [6, 6.07) is 4.38. The number of benzene rings is 1. The van der Waals surface area contributed by atoms with Crippen LogP contribution < -0.4 is 5.19 Å². The lowest BCUT2D eigenvalue weighted by atomic mass is 10.2. The molecule has 0 aliphatic carbocycles. The first-order chi connectivity index (χ1) is 6.11. The van der Waals surface area contributed by atoms with Gasteiger partial charge in [0.1, 0.15) is 5.82 Å². The van der Waals surface area contributed by atoms with Crippen LogP contribution in [0, 0.1) is 13.8 Å². The van der Waals surface area contributed by atoms with Crippen LogP contribution in [0.25, 0.3) is 11.0 Å². The lowest BCUT2D eigenvalue weighted by Gasteiger charge is -2.00. The normalized spacial score (nSPS) is 11.3. The number of aryl methyl sites for hydroxylation is 3. The molecule has 0 radical (unpaired) electrons. The fourth-order valence-electron chi connectivity index (χ4n) is 1.61. The second kappa shape index (κ2) is 2.70. The number of hydrogen-bond acceptors (Lipinski definition) is 1. The Balaban J connectivity index is 2.94. The highest BCUT2D eigenvalue weighted by molar-refractivity contribution is 6.34. The molecule has 0 unspecified atom stereocenters. The van der Waals surface area contributed by atoms with E-state index < -0.39 is 0 Å². The summed E-state index contributed by atoms with van der Waals surface area (Å²) in [4.78, 5) is 4.56. The zero-order valence-corrected chi connectivity index (χ0v) is 10.5. The molecule has 0 N–H and O–H groups in total. The van der Waals surface area contributed by atoms with Crippen molar-refractivity contribution in [3.8, 4) is 0 Å². The summed E-state index contributed by atoms with van der Waals surface area (Å²) in [7, 11) is 3.17. The predicted molar refractivity (Wildman–Crippen MR) is 59.8 cm³/mol. The van der Waals surface area contributed by atoms with Crippen LogP contribution in [-0.2, 0) is 7.05 Å². The van der Waals surface area contributed by atoms with Crippen molar-refractivity contribution in [3.63, 3.8) is 0 Å². The molecule has 0 saturated carbocycles. The fraction of sp³-hybridized carbons (Fsp3) is 0.300. The fourth-order valence-corrected chi connectivity index (χ4v) is 2.01. The van der Waals surface area contributed by atoms with Gasteiger partial charge in [0.05, 0.1) is 11.0 Å². The predicted octanol–water partition coefficient (Wildman–Crippen LogP) is 0.181. The molecule has 2 nitrogen and oxygen atoms in total. The van der Waals surface area contributed by atoms with Crippen LogP contribution >= 0.6 is 0 Å². The van der Waals surface area contributed by atoms with E-state index in [0.29, 0.717) is 0 Å². The van der Waals surface area contributed by atoms with Gasteiger partial charge in [-0.05, 0) is 25.5 Å². The molecular weight excluding hydrogens is 176 g/mol. The third-order valence-corrected chi connectivity index (χ3v) is 3.88. The third kappa shape index (κ3) is 1.11. The van der Waals surface area contributed by atoms with Gasteiger partial charge in [-0.2, -0.15) is 0 Å². The van der Waals surface area contributed by atoms with Crippen molar-refractivity contribution >= 4 is 26.5 Å². The average molecular weight is 190 g/mol. The molecule has 13 heavy (non-hydrogen) atoms. The van der Waals surface area contributed by atoms with Crippen molar-refractivity contribution in [2.45, 2.75) is 13.8 Å². The Morgan fingerprint density at radius 3 is 2.69 bits per heavy atom. The summed E-state index contributed by atoms with van der Waals surface area (Å²) in [5, 5.41) is 1.45. The highest BCUT2D eigenvalue weighted by atomic mass is 28.1. The largest absolute Gasteiger partial charge is 0.331 e. The monoisotopic (exact) mass is 190 g/mol. The van der Waals surface area contributed by atoms with Gasteiger partial charge in [0.15, 0.2) is 0 Å². The van der Waals surface area contributed by atoms with Crippen molar-refractivity contribution in [1.82, 2.24) is 9.55 Å². The third-order valence-electron chi connectivity index (χ3n) is 2.80. The number of rotatable bonds is 0. The summed E-state index contributed by atoms with van der Waals surface area (Å²) in [6.07, 6.45) is 0. The van der Waals surface area contributed by atoms with E-state index in [2.05, 4.69) is 35.7 Å². The van der Waals surface area contributed by atoms with E-state index >= 15 is 0 Å². The molecule has 68 valence electrons. The van der Waals surface area contributed by atoms with Gasteiger partial charge in [0.25, 0.3) is 0 Å². The molecule has 0 amide bonds.